The molecule has 38 heavy (non-hydrogen) atoms. The summed E-state index contributed by atoms with van der Waals surface area (Å²) < 4.78 is 71.3. The average molecular weight is 554 g/mol. The summed E-state index contributed by atoms with van der Waals surface area (Å²) in [5.74, 6) is -0.448. The lowest BCUT2D eigenvalue weighted by molar-refractivity contribution is -0.137. The van der Waals surface area contributed by atoms with Crippen LogP contribution in [0, 0.1) is 0 Å². The van der Waals surface area contributed by atoms with Gasteiger partial charge >= 0.3 is 12.3 Å². The zero-order valence-electron chi connectivity index (χ0n) is 20.5. The third kappa shape index (κ3) is 8.05. The first-order chi connectivity index (χ1) is 17.8. The molecule has 0 radical (unpaired) electrons. The molecule has 3 rings (SSSR count). The third-order valence-electron chi connectivity index (χ3n) is 5.14. The van der Waals surface area contributed by atoms with E-state index in [2.05, 4.69) is 20.3 Å². The number of aromatic nitrogens is 1. The van der Waals surface area contributed by atoms with Gasteiger partial charge in [0.2, 0.25) is 0 Å². The third-order valence-corrected chi connectivity index (χ3v) is 6.52. The fourth-order valence-corrected chi connectivity index (χ4v) is 4.28. The maximum absolute atomic E-state index is 12.8. The van der Waals surface area contributed by atoms with Crippen LogP contribution in [0.4, 0.5) is 23.7 Å². The molecule has 0 aliphatic heterocycles. The molecule has 1 heterocycles. The normalized spacial score (nSPS) is 11.8. The van der Waals surface area contributed by atoms with E-state index in [-0.39, 0.29) is 22.6 Å². The first-order valence-corrected chi connectivity index (χ1v) is 12.7. The number of alkyl carbamates (subject to hydrolysis) is 1. The molecule has 0 spiro atoms. The number of likely N-dealkylation sites (N-methyl/N-ethyl adjacent to an activating group) is 1. The number of nitrogens with zero attached hydrogens (tertiary/aromatic N) is 2. The average Bonchev–Trinajstić information content (AvgIpc) is 2.85. The second-order valence-electron chi connectivity index (χ2n) is 8.39. The van der Waals surface area contributed by atoms with Crippen molar-refractivity contribution in [3.63, 3.8) is 0 Å². The highest BCUT2D eigenvalue weighted by Crippen LogP contribution is 2.30. The van der Waals surface area contributed by atoms with Crippen molar-refractivity contribution in [1.29, 1.82) is 0 Å². The molecule has 10 nitrogen and oxygen atoms in total. The van der Waals surface area contributed by atoms with Gasteiger partial charge in [0.15, 0.2) is 6.61 Å². The number of nitrogens with one attached hydrogen (secondary N) is 3. The van der Waals surface area contributed by atoms with Crippen LogP contribution >= 0.6 is 0 Å². The predicted molar refractivity (Wildman–Crippen MR) is 134 cm³/mol. The van der Waals surface area contributed by atoms with Crippen molar-refractivity contribution in [3.05, 3.63) is 65.9 Å². The van der Waals surface area contributed by atoms with E-state index in [1.165, 1.54) is 6.07 Å². The lowest BCUT2D eigenvalue weighted by Crippen LogP contribution is -2.35. The number of anilines is 1. The minimum absolute atomic E-state index is 0.0724. The molecule has 1 aromatic heterocycles. The van der Waals surface area contributed by atoms with E-state index in [0.29, 0.717) is 36.3 Å². The van der Waals surface area contributed by atoms with Gasteiger partial charge in [-0.05, 0) is 50.5 Å². The van der Waals surface area contributed by atoms with Crippen LogP contribution in [0.15, 0.2) is 59.5 Å². The van der Waals surface area contributed by atoms with Crippen molar-refractivity contribution in [3.8, 4) is 0 Å². The molecule has 204 valence electrons. The number of amides is 2. The number of hydrogen-bond acceptors (Lipinski definition) is 7. The molecule has 0 bridgehead atoms. The van der Waals surface area contributed by atoms with Crippen LogP contribution in [0.25, 0.3) is 10.9 Å². The largest absolute Gasteiger partial charge is 0.439 e. The second-order valence-corrected chi connectivity index (χ2v) is 10.1. The number of halogens is 3. The molecular formula is C24H26F3N5O5S. The fourth-order valence-electron chi connectivity index (χ4n) is 3.21. The van der Waals surface area contributed by atoms with Gasteiger partial charge in [0.25, 0.3) is 15.9 Å². The highest BCUT2D eigenvalue weighted by Gasteiger charge is 2.30. The number of carbonyl (C=O) groups excluding carboxylic acids is 2. The number of carbonyl (C=O) groups is 2. The Morgan fingerprint density at radius 1 is 1.00 bits per heavy atom. The SMILES string of the molecule is CN(C)CCNC(=O)COC(=O)NCc1ccc2cccc(NS(=O)(=O)c3ccc(C(F)(F)F)cc3)c2n1. The van der Waals surface area contributed by atoms with Gasteiger partial charge in [-0.25, -0.2) is 18.2 Å². The number of para-hydroxylation sites is 1. The van der Waals surface area contributed by atoms with Gasteiger partial charge < -0.3 is 20.3 Å². The second kappa shape index (κ2) is 12.1. The lowest BCUT2D eigenvalue weighted by atomic mass is 10.2. The number of hydrogen-bond donors (Lipinski definition) is 3. The smallest absolute Gasteiger partial charge is 0.416 e. The van der Waals surface area contributed by atoms with Crippen molar-refractivity contribution < 1.29 is 35.9 Å². The summed E-state index contributed by atoms with van der Waals surface area (Å²) in [6.45, 7) is 0.508. The van der Waals surface area contributed by atoms with Crippen molar-refractivity contribution in [2.75, 3.05) is 38.5 Å². The summed E-state index contributed by atoms with van der Waals surface area (Å²) in [6.07, 6.45) is -5.43. The van der Waals surface area contributed by atoms with Crippen molar-refractivity contribution >= 4 is 38.6 Å². The highest BCUT2D eigenvalue weighted by atomic mass is 32.2. The van der Waals surface area contributed by atoms with Gasteiger partial charge in [0.1, 0.15) is 0 Å². The minimum Gasteiger partial charge on any atom is -0.439 e. The molecule has 0 fully saturated rings. The van der Waals surface area contributed by atoms with Crippen LogP contribution in [0.2, 0.25) is 0 Å². The predicted octanol–water partition coefficient (Wildman–Crippen LogP) is 2.96. The first kappa shape index (κ1) is 28.7. The fraction of sp³-hybridized carbons (Fsp3) is 0.292. The highest BCUT2D eigenvalue weighted by molar-refractivity contribution is 7.92. The summed E-state index contributed by atoms with van der Waals surface area (Å²) in [7, 11) is -0.510. The summed E-state index contributed by atoms with van der Waals surface area (Å²) >= 11 is 0. The Bertz CT molecular complexity index is 1400. The topological polar surface area (TPSA) is 130 Å². The van der Waals surface area contributed by atoms with E-state index in [1.54, 1.807) is 24.3 Å². The van der Waals surface area contributed by atoms with Crippen molar-refractivity contribution in [2.45, 2.75) is 17.6 Å². The standard InChI is InChI=1S/C24H26F3N5O5S/c1-32(2)13-12-28-21(33)15-37-23(34)29-14-18-9-6-16-4-3-5-20(22(16)30-18)31-38(35,36)19-10-7-17(8-11-19)24(25,26)27/h3-11,31H,12-15H2,1-2H3,(H,28,33)(H,29,34). The van der Waals surface area contributed by atoms with Crippen LogP contribution in [0.1, 0.15) is 11.3 Å². The Morgan fingerprint density at radius 3 is 2.37 bits per heavy atom. The molecule has 0 aliphatic carbocycles. The van der Waals surface area contributed by atoms with Gasteiger partial charge in [-0.15, -0.1) is 0 Å². The van der Waals surface area contributed by atoms with Crippen LogP contribution in [0.5, 0.6) is 0 Å². The number of alkyl halides is 3. The van der Waals surface area contributed by atoms with E-state index in [0.717, 1.165) is 12.1 Å². The van der Waals surface area contributed by atoms with Gasteiger partial charge in [0, 0.05) is 18.5 Å². The molecule has 2 amide bonds. The summed E-state index contributed by atoms with van der Waals surface area (Å²) in [6, 6.07) is 11.1. The van der Waals surface area contributed by atoms with Crippen LogP contribution in [0.3, 0.4) is 0 Å². The van der Waals surface area contributed by atoms with E-state index >= 15 is 0 Å². The molecule has 0 saturated heterocycles. The summed E-state index contributed by atoms with van der Waals surface area (Å²) in [5, 5.41) is 5.65. The molecule has 14 heteroatoms. The number of fused-ring (bicyclic) bond motifs is 1. The molecule has 0 aliphatic rings. The number of ether oxygens (including phenoxy) is 1. The number of pyridine rings is 1. The summed E-state index contributed by atoms with van der Waals surface area (Å²) in [4.78, 5) is 29.6. The van der Waals surface area contributed by atoms with Crippen LogP contribution in [-0.4, -0.2) is 64.1 Å². The lowest BCUT2D eigenvalue weighted by Gasteiger charge is -2.13. The maximum atomic E-state index is 12.8. The molecule has 0 unspecified atom stereocenters. The number of benzene rings is 2. The molecule has 3 N–H and O–H groups in total. The van der Waals surface area contributed by atoms with E-state index in [4.69, 9.17) is 4.74 Å². The molecule has 0 saturated carbocycles. The first-order valence-electron chi connectivity index (χ1n) is 11.3. The van der Waals surface area contributed by atoms with Gasteiger partial charge in [-0.3, -0.25) is 9.52 Å². The molecular weight excluding hydrogens is 527 g/mol. The quantitative estimate of drug-likeness (QED) is 0.352. The van der Waals surface area contributed by atoms with E-state index in [9.17, 15) is 31.2 Å². The number of sulfonamides is 1. The van der Waals surface area contributed by atoms with Crippen molar-refractivity contribution in [1.82, 2.24) is 20.5 Å². The zero-order chi connectivity index (χ0) is 27.9. The Labute approximate surface area is 217 Å². The Morgan fingerprint density at radius 2 is 1.71 bits per heavy atom. The molecule has 3 aromatic rings. The van der Waals surface area contributed by atoms with E-state index in [1.807, 2.05) is 19.0 Å². The Balaban J connectivity index is 1.65. The minimum atomic E-state index is -4.59. The Kier molecular flexibility index (Phi) is 9.12. The van der Waals surface area contributed by atoms with Gasteiger partial charge in [-0.1, -0.05) is 18.2 Å². The summed E-state index contributed by atoms with van der Waals surface area (Å²) in [5.41, 5.74) is -0.243. The van der Waals surface area contributed by atoms with Crippen LogP contribution < -0.4 is 15.4 Å². The molecule has 0 atom stereocenters. The molecule has 2 aromatic carbocycles. The maximum Gasteiger partial charge on any atom is 0.416 e. The monoisotopic (exact) mass is 553 g/mol. The van der Waals surface area contributed by atoms with Gasteiger partial charge in [0.05, 0.1) is 33.9 Å². The van der Waals surface area contributed by atoms with Crippen molar-refractivity contribution in [2.24, 2.45) is 0 Å². The van der Waals surface area contributed by atoms with Gasteiger partial charge in [-0.2, -0.15) is 13.2 Å². The Hall–Kier alpha value is -3.91. The number of rotatable bonds is 10. The zero-order valence-corrected chi connectivity index (χ0v) is 21.3. The van der Waals surface area contributed by atoms with E-state index < -0.39 is 40.4 Å². The van der Waals surface area contributed by atoms with Crippen LogP contribution in [-0.2, 0) is 32.3 Å².